The van der Waals surface area contributed by atoms with E-state index >= 15 is 0 Å². The van der Waals surface area contributed by atoms with Crippen LogP contribution in [0.1, 0.15) is 35.5 Å². The summed E-state index contributed by atoms with van der Waals surface area (Å²) < 4.78 is 5.52. The van der Waals surface area contributed by atoms with Gasteiger partial charge in [-0.05, 0) is 32.9 Å². The summed E-state index contributed by atoms with van der Waals surface area (Å²) in [6.07, 6.45) is 2.99. The van der Waals surface area contributed by atoms with Gasteiger partial charge in [0.1, 0.15) is 11.5 Å². The second kappa shape index (κ2) is 3.19. The summed E-state index contributed by atoms with van der Waals surface area (Å²) in [6.45, 7) is 5.23. The summed E-state index contributed by atoms with van der Waals surface area (Å²) in [6, 6.07) is 0. The number of fused-ring (bicyclic) bond motifs is 1. The fourth-order valence-corrected chi connectivity index (χ4v) is 1.69. The van der Waals surface area contributed by atoms with Crippen molar-refractivity contribution in [3.63, 3.8) is 0 Å². The lowest BCUT2D eigenvalue weighted by Gasteiger charge is -2.16. The Morgan fingerprint density at radius 3 is 2.53 bits per heavy atom. The Hall–Kier alpha value is -1.64. The lowest BCUT2D eigenvalue weighted by atomic mass is 9.92. The molecule has 1 aliphatic carbocycles. The molecule has 0 spiro atoms. The molecule has 78 valence electrons. The van der Waals surface area contributed by atoms with Crippen LogP contribution in [0, 0.1) is 13.8 Å². The van der Waals surface area contributed by atoms with E-state index in [2.05, 4.69) is 0 Å². The average molecular weight is 204 g/mol. The van der Waals surface area contributed by atoms with E-state index in [4.69, 9.17) is 4.42 Å². The molecule has 0 aromatic carbocycles. The molecule has 1 aliphatic rings. The van der Waals surface area contributed by atoms with Gasteiger partial charge >= 0.3 is 0 Å². The molecule has 1 heterocycles. The highest BCUT2D eigenvalue weighted by molar-refractivity contribution is 6.00. The molecule has 1 atom stereocenters. The molecule has 0 amide bonds. The predicted molar refractivity (Wildman–Crippen MR) is 56.9 cm³/mol. The highest BCUT2D eigenvalue weighted by Crippen LogP contribution is 2.26. The first-order valence-electron chi connectivity index (χ1n) is 4.88. The van der Waals surface area contributed by atoms with Crippen LogP contribution in [0.4, 0.5) is 0 Å². The number of hydrogen-bond acceptors (Lipinski definition) is 3. The molecule has 0 saturated carbocycles. The third-order valence-corrected chi connectivity index (χ3v) is 2.88. The first-order chi connectivity index (χ1) is 7.02. The van der Waals surface area contributed by atoms with Gasteiger partial charge in [0.25, 0.3) is 0 Å². The standard InChI is InChI=1S/C12H12O3/c1-6-8(3)15-12-7(2)10(13)5-4-9(12)11(6)14/h4-5,7H,1-3H3. The number of allylic oxidation sites excluding steroid dienone is 1. The maximum atomic E-state index is 11.9. The zero-order valence-electron chi connectivity index (χ0n) is 8.96. The van der Waals surface area contributed by atoms with Crippen molar-refractivity contribution in [3.05, 3.63) is 38.9 Å². The topological polar surface area (TPSA) is 47.3 Å². The van der Waals surface area contributed by atoms with Gasteiger partial charge in [-0.2, -0.15) is 0 Å². The lowest BCUT2D eigenvalue weighted by molar-refractivity contribution is -0.116. The first kappa shape index (κ1) is 9.90. The summed E-state index contributed by atoms with van der Waals surface area (Å²) in [4.78, 5) is 23.3. The fourth-order valence-electron chi connectivity index (χ4n) is 1.69. The molecule has 0 N–H and O–H groups in total. The molecule has 0 aliphatic heterocycles. The molecular weight excluding hydrogens is 192 g/mol. The van der Waals surface area contributed by atoms with Gasteiger partial charge in [0.15, 0.2) is 11.2 Å². The lowest BCUT2D eigenvalue weighted by Crippen LogP contribution is -2.20. The molecular formula is C12H12O3. The van der Waals surface area contributed by atoms with Crippen LogP contribution in [0.2, 0.25) is 0 Å². The monoisotopic (exact) mass is 204 g/mol. The van der Waals surface area contributed by atoms with E-state index in [1.54, 1.807) is 26.8 Å². The number of carbonyl (C=O) groups is 1. The molecule has 1 unspecified atom stereocenters. The Morgan fingerprint density at radius 1 is 1.20 bits per heavy atom. The Morgan fingerprint density at radius 2 is 1.87 bits per heavy atom. The van der Waals surface area contributed by atoms with E-state index in [1.807, 2.05) is 0 Å². The van der Waals surface area contributed by atoms with E-state index in [0.717, 1.165) is 0 Å². The number of aryl methyl sites for hydroxylation is 1. The summed E-state index contributed by atoms with van der Waals surface area (Å²) >= 11 is 0. The summed E-state index contributed by atoms with van der Waals surface area (Å²) in [5.74, 6) is 0.718. The second-order valence-corrected chi connectivity index (χ2v) is 3.85. The van der Waals surface area contributed by atoms with Crippen molar-refractivity contribution >= 4 is 11.9 Å². The van der Waals surface area contributed by atoms with Crippen LogP contribution in [0.5, 0.6) is 0 Å². The van der Waals surface area contributed by atoms with Gasteiger partial charge in [0.2, 0.25) is 0 Å². The molecule has 3 heteroatoms. The van der Waals surface area contributed by atoms with Gasteiger partial charge in [-0.1, -0.05) is 0 Å². The molecule has 0 radical (unpaired) electrons. The van der Waals surface area contributed by atoms with Crippen molar-refractivity contribution < 1.29 is 9.21 Å². The number of hydrogen-bond donors (Lipinski definition) is 0. The molecule has 3 nitrogen and oxygen atoms in total. The van der Waals surface area contributed by atoms with Gasteiger partial charge in [-0.15, -0.1) is 0 Å². The largest absolute Gasteiger partial charge is 0.464 e. The normalized spacial score (nSPS) is 19.1. The van der Waals surface area contributed by atoms with Crippen LogP contribution in [-0.2, 0) is 4.79 Å². The third-order valence-electron chi connectivity index (χ3n) is 2.88. The maximum absolute atomic E-state index is 11.9. The van der Waals surface area contributed by atoms with Crippen LogP contribution >= 0.6 is 0 Å². The van der Waals surface area contributed by atoms with Crippen molar-refractivity contribution in [2.45, 2.75) is 26.7 Å². The van der Waals surface area contributed by atoms with Gasteiger partial charge in [0, 0.05) is 5.56 Å². The van der Waals surface area contributed by atoms with Gasteiger partial charge in [-0.3, -0.25) is 9.59 Å². The Labute approximate surface area is 87.4 Å². The Bertz CT molecular complexity index is 520. The zero-order valence-corrected chi connectivity index (χ0v) is 8.96. The SMILES string of the molecule is Cc1oc2c(c(=O)c1C)C=CC(=O)C2C. The minimum atomic E-state index is -0.350. The minimum Gasteiger partial charge on any atom is -0.464 e. The first-order valence-corrected chi connectivity index (χ1v) is 4.88. The van der Waals surface area contributed by atoms with Crippen LogP contribution in [0.25, 0.3) is 6.08 Å². The van der Waals surface area contributed by atoms with Crippen molar-refractivity contribution in [3.8, 4) is 0 Å². The highest BCUT2D eigenvalue weighted by Gasteiger charge is 2.25. The molecule has 0 bridgehead atoms. The molecule has 2 rings (SSSR count). The van der Waals surface area contributed by atoms with E-state index < -0.39 is 0 Å². The quantitative estimate of drug-likeness (QED) is 0.649. The van der Waals surface area contributed by atoms with Crippen LogP contribution in [0.15, 0.2) is 15.3 Å². The molecule has 15 heavy (non-hydrogen) atoms. The van der Waals surface area contributed by atoms with E-state index in [0.29, 0.717) is 22.6 Å². The summed E-state index contributed by atoms with van der Waals surface area (Å²) in [7, 11) is 0. The predicted octanol–water partition coefficient (Wildman–Crippen LogP) is 1.96. The smallest absolute Gasteiger partial charge is 0.195 e. The number of ketones is 1. The van der Waals surface area contributed by atoms with Crippen molar-refractivity contribution in [2.75, 3.05) is 0 Å². The average Bonchev–Trinajstić information content (AvgIpc) is 2.21. The van der Waals surface area contributed by atoms with Crippen LogP contribution < -0.4 is 5.43 Å². The van der Waals surface area contributed by atoms with Gasteiger partial charge in [-0.25, -0.2) is 0 Å². The second-order valence-electron chi connectivity index (χ2n) is 3.85. The third kappa shape index (κ3) is 1.35. The molecule has 1 aromatic heterocycles. The van der Waals surface area contributed by atoms with Crippen molar-refractivity contribution in [1.29, 1.82) is 0 Å². The van der Waals surface area contributed by atoms with Crippen LogP contribution in [0.3, 0.4) is 0 Å². The Kier molecular flexibility index (Phi) is 2.11. The zero-order chi connectivity index (χ0) is 11.2. The number of carbonyl (C=O) groups excluding carboxylic acids is 1. The van der Waals surface area contributed by atoms with Crippen molar-refractivity contribution in [1.82, 2.24) is 0 Å². The molecule has 0 saturated heterocycles. The molecule has 0 fully saturated rings. The maximum Gasteiger partial charge on any atom is 0.195 e. The van der Waals surface area contributed by atoms with Crippen LogP contribution in [-0.4, -0.2) is 5.78 Å². The molecule has 1 aromatic rings. The van der Waals surface area contributed by atoms with E-state index in [1.165, 1.54) is 6.08 Å². The fraction of sp³-hybridized carbons (Fsp3) is 0.333. The Balaban J connectivity index is 2.80. The van der Waals surface area contributed by atoms with Crippen molar-refractivity contribution in [2.24, 2.45) is 0 Å². The van der Waals surface area contributed by atoms with Gasteiger partial charge in [0.05, 0.1) is 11.5 Å². The van der Waals surface area contributed by atoms with E-state index in [9.17, 15) is 9.59 Å². The minimum absolute atomic E-state index is 0.0195. The highest BCUT2D eigenvalue weighted by atomic mass is 16.3. The summed E-state index contributed by atoms with van der Waals surface area (Å²) in [5, 5.41) is 0. The number of rotatable bonds is 0. The van der Waals surface area contributed by atoms with Gasteiger partial charge < -0.3 is 4.42 Å². The summed E-state index contributed by atoms with van der Waals surface area (Å²) in [5.41, 5.74) is 1.09. The van der Waals surface area contributed by atoms with E-state index in [-0.39, 0.29) is 17.1 Å².